The fourth-order valence-corrected chi connectivity index (χ4v) is 3.00. The van der Waals surface area contributed by atoms with Crippen LogP contribution in [0, 0.1) is 0 Å². The highest BCUT2D eigenvalue weighted by Gasteiger charge is 2.06. The molecule has 0 saturated carbocycles. The van der Waals surface area contributed by atoms with E-state index in [2.05, 4.69) is 5.32 Å². The van der Waals surface area contributed by atoms with Crippen molar-refractivity contribution in [1.29, 1.82) is 0 Å². The first kappa shape index (κ1) is 18.1. The van der Waals surface area contributed by atoms with Gasteiger partial charge in [-0.3, -0.25) is 4.79 Å². The zero-order valence-electron chi connectivity index (χ0n) is 12.6. The van der Waals surface area contributed by atoms with Crippen molar-refractivity contribution in [1.82, 2.24) is 5.32 Å². The lowest BCUT2D eigenvalue weighted by Crippen LogP contribution is -2.25. The lowest BCUT2D eigenvalue weighted by atomic mass is 10.1. The van der Waals surface area contributed by atoms with Gasteiger partial charge in [-0.15, -0.1) is 0 Å². The molecule has 0 aliphatic carbocycles. The SMILES string of the molecule is O=C(CCc1ccc(Cl)cc1Cl)NCCCc1ccccc1Cl. The molecule has 0 radical (unpaired) electrons. The second kappa shape index (κ2) is 9.17. The summed E-state index contributed by atoms with van der Waals surface area (Å²) in [7, 11) is 0. The van der Waals surface area contributed by atoms with E-state index in [-0.39, 0.29) is 5.91 Å². The van der Waals surface area contributed by atoms with Gasteiger partial charge in [0.15, 0.2) is 0 Å². The average Bonchev–Trinajstić information content (AvgIpc) is 2.52. The number of nitrogens with one attached hydrogen (secondary N) is 1. The largest absolute Gasteiger partial charge is 0.356 e. The highest BCUT2D eigenvalue weighted by atomic mass is 35.5. The van der Waals surface area contributed by atoms with E-state index in [4.69, 9.17) is 34.8 Å². The normalized spacial score (nSPS) is 10.6. The van der Waals surface area contributed by atoms with Gasteiger partial charge in [0.2, 0.25) is 5.91 Å². The maximum atomic E-state index is 11.9. The summed E-state index contributed by atoms with van der Waals surface area (Å²) in [6.45, 7) is 0.637. The second-order valence-corrected chi connectivity index (χ2v) is 6.53. The molecular formula is C18H18Cl3NO. The predicted molar refractivity (Wildman–Crippen MR) is 97.6 cm³/mol. The van der Waals surface area contributed by atoms with Crippen LogP contribution in [0.15, 0.2) is 42.5 Å². The van der Waals surface area contributed by atoms with Crippen LogP contribution in [0.5, 0.6) is 0 Å². The summed E-state index contributed by atoms with van der Waals surface area (Å²) < 4.78 is 0. The minimum absolute atomic E-state index is 0.0233. The molecule has 1 N–H and O–H groups in total. The third-order valence-electron chi connectivity index (χ3n) is 3.54. The third kappa shape index (κ3) is 6.06. The molecule has 23 heavy (non-hydrogen) atoms. The molecular weight excluding hydrogens is 353 g/mol. The average molecular weight is 371 g/mol. The number of halogens is 3. The molecule has 0 aliphatic heterocycles. The first-order chi connectivity index (χ1) is 11.1. The van der Waals surface area contributed by atoms with Crippen molar-refractivity contribution in [2.24, 2.45) is 0 Å². The Bertz CT molecular complexity index is 673. The monoisotopic (exact) mass is 369 g/mol. The molecule has 0 fully saturated rings. The van der Waals surface area contributed by atoms with Crippen LogP contribution in [0.3, 0.4) is 0 Å². The molecule has 1 amide bonds. The first-order valence-corrected chi connectivity index (χ1v) is 8.63. The van der Waals surface area contributed by atoms with Gasteiger partial charge in [0.25, 0.3) is 0 Å². The van der Waals surface area contributed by atoms with E-state index in [0.717, 1.165) is 29.0 Å². The molecule has 0 spiro atoms. The summed E-state index contributed by atoms with van der Waals surface area (Å²) in [5.74, 6) is 0.0233. The molecule has 0 aromatic heterocycles. The second-order valence-electron chi connectivity index (χ2n) is 5.28. The Morgan fingerprint density at radius 3 is 2.39 bits per heavy atom. The van der Waals surface area contributed by atoms with Crippen LogP contribution in [0.4, 0.5) is 0 Å². The fourth-order valence-electron chi connectivity index (χ4n) is 2.27. The molecule has 5 heteroatoms. The van der Waals surface area contributed by atoms with Crippen molar-refractivity contribution in [3.8, 4) is 0 Å². The number of carbonyl (C=O) groups is 1. The molecule has 0 heterocycles. The number of hydrogen-bond acceptors (Lipinski definition) is 1. The summed E-state index contributed by atoms with van der Waals surface area (Å²) >= 11 is 18.0. The van der Waals surface area contributed by atoms with Crippen molar-refractivity contribution >= 4 is 40.7 Å². The fraction of sp³-hybridized carbons (Fsp3) is 0.278. The van der Waals surface area contributed by atoms with E-state index in [1.165, 1.54) is 0 Å². The highest BCUT2D eigenvalue weighted by Crippen LogP contribution is 2.22. The van der Waals surface area contributed by atoms with Crippen LogP contribution < -0.4 is 5.32 Å². The first-order valence-electron chi connectivity index (χ1n) is 7.50. The highest BCUT2D eigenvalue weighted by molar-refractivity contribution is 6.35. The Morgan fingerprint density at radius 2 is 1.65 bits per heavy atom. The Kier molecular flexibility index (Phi) is 7.22. The smallest absolute Gasteiger partial charge is 0.220 e. The van der Waals surface area contributed by atoms with Gasteiger partial charge in [-0.25, -0.2) is 0 Å². The van der Waals surface area contributed by atoms with Gasteiger partial charge in [0.05, 0.1) is 0 Å². The van der Waals surface area contributed by atoms with Crippen molar-refractivity contribution in [2.75, 3.05) is 6.54 Å². The zero-order chi connectivity index (χ0) is 16.7. The Balaban J connectivity index is 1.68. The molecule has 2 aromatic rings. The number of hydrogen-bond donors (Lipinski definition) is 1. The van der Waals surface area contributed by atoms with Gasteiger partial charge in [0.1, 0.15) is 0 Å². The topological polar surface area (TPSA) is 29.1 Å². The Labute approximate surface area is 151 Å². The zero-order valence-corrected chi connectivity index (χ0v) is 14.9. The summed E-state index contributed by atoms with van der Waals surface area (Å²) in [6, 6.07) is 13.1. The van der Waals surface area contributed by atoms with E-state index >= 15 is 0 Å². The van der Waals surface area contributed by atoms with Crippen molar-refractivity contribution in [2.45, 2.75) is 25.7 Å². The van der Waals surface area contributed by atoms with Crippen molar-refractivity contribution < 1.29 is 4.79 Å². The summed E-state index contributed by atoms with van der Waals surface area (Å²) in [4.78, 5) is 11.9. The van der Waals surface area contributed by atoms with Gasteiger partial charge >= 0.3 is 0 Å². The summed E-state index contributed by atoms with van der Waals surface area (Å²) in [6.07, 6.45) is 2.72. The van der Waals surface area contributed by atoms with Crippen LogP contribution in [0.25, 0.3) is 0 Å². The molecule has 0 saturated heterocycles. The van der Waals surface area contributed by atoms with Crippen molar-refractivity contribution in [3.63, 3.8) is 0 Å². The molecule has 0 bridgehead atoms. The van der Waals surface area contributed by atoms with Crippen molar-refractivity contribution in [3.05, 3.63) is 68.7 Å². The summed E-state index contributed by atoms with van der Waals surface area (Å²) in [5, 5.41) is 4.90. The lowest BCUT2D eigenvalue weighted by molar-refractivity contribution is -0.121. The van der Waals surface area contributed by atoms with Crippen LogP contribution in [-0.2, 0) is 17.6 Å². The molecule has 122 valence electrons. The number of carbonyl (C=O) groups excluding carboxylic acids is 1. The minimum Gasteiger partial charge on any atom is -0.356 e. The van der Waals surface area contributed by atoms with Crippen LogP contribution in [0.1, 0.15) is 24.0 Å². The maximum absolute atomic E-state index is 11.9. The maximum Gasteiger partial charge on any atom is 0.220 e. The van der Waals surface area contributed by atoms with E-state index in [1.807, 2.05) is 30.3 Å². The van der Waals surface area contributed by atoms with Gasteiger partial charge in [-0.1, -0.05) is 59.1 Å². The Hall–Kier alpha value is -1.22. The van der Waals surface area contributed by atoms with Gasteiger partial charge in [0, 0.05) is 28.0 Å². The van der Waals surface area contributed by atoms with Gasteiger partial charge in [-0.05, 0) is 48.6 Å². The number of benzene rings is 2. The number of rotatable bonds is 7. The molecule has 2 rings (SSSR count). The minimum atomic E-state index is 0.0233. The predicted octanol–water partition coefficient (Wildman–Crippen LogP) is 5.33. The standard InChI is InChI=1S/C18H18Cl3NO/c19-15-9-7-14(17(21)12-15)8-10-18(23)22-11-3-5-13-4-1-2-6-16(13)20/h1-2,4,6-7,9,12H,3,5,8,10-11H2,(H,22,23). The van der Waals surface area contributed by atoms with Gasteiger partial charge < -0.3 is 5.32 Å². The third-order valence-corrected chi connectivity index (χ3v) is 4.50. The number of amides is 1. The molecule has 0 unspecified atom stereocenters. The number of aryl methyl sites for hydroxylation is 2. The van der Waals surface area contributed by atoms with Crippen LogP contribution in [-0.4, -0.2) is 12.5 Å². The van der Waals surface area contributed by atoms with E-state index < -0.39 is 0 Å². The quantitative estimate of drug-likeness (QED) is 0.656. The van der Waals surface area contributed by atoms with Crippen LogP contribution in [0.2, 0.25) is 15.1 Å². The molecule has 2 aromatic carbocycles. The lowest BCUT2D eigenvalue weighted by Gasteiger charge is -2.07. The molecule has 0 aliphatic rings. The van der Waals surface area contributed by atoms with E-state index in [9.17, 15) is 4.79 Å². The van der Waals surface area contributed by atoms with Gasteiger partial charge in [-0.2, -0.15) is 0 Å². The summed E-state index contributed by atoms with van der Waals surface area (Å²) in [5.41, 5.74) is 2.04. The van der Waals surface area contributed by atoms with Crippen LogP contribution >= 0.6 is 34.8 Å². The Morgan fingerprint density at radius 1 is 0.913 bits per heavy atom. The van der Waals surface area contributed by atoms with E-state index in [1.54, 1.807) is 12.1 Å². The van der Waals surface area contributed by atoms with E-state index in [0.29, 0.717) is 29.4 Å². The molecule has 0 atom stereocenters. The molecule has 2 nitrogen and oxygen atoms in total.